The molecule has 1 amide bonds. The van der Waals surface area contributed by atoms with Gasteiger partial charge in [-0.3, -0.25) is 0 Å². The molecular formula is C24H28F3I3N3O6-. The first-order valence-electron chi connectivity index (χ1n) is 11.9. The zero-order valence-corrected chi connectivity index (χ0v) is 27.1. The van der Waals surface area contributed by atoms with Gasteiger partial charge in [-0.25, -0.2) is 0 Å². The number of hydrogen-bond acceptors (Lipinski definition) is 7. The number of hydroxylamine groups is 1. The molecule has 0 bridgehead atoms. The Morgan fingerprint density at radius 2 is 1.62 bits per heavy atom. The van der Waals surface area contributed by atoms with E-state index in [1.807, 2.05) is 27.4 Å². The molecule has 2 heterocycles. The van der Waals surface area contributed by atoms with E-state index in [-0.39, 0.29) is 5.75 Å². The first kappa shape index (κ1) is 30.9. The molecule has 2 aliphatic rings. The van der Waals surface area contributed by atoms with E-state index in [4.69, 9.17) is 4.74 Å². The number of ether oxygens (including phenoxy) is 2. The van der Waals surface area contributed by atoms with Gasteiger partial charge in [0.15, 0.2) is 0 Å². The van der Waals surface area contributed by atoms with Gasteiger partial charge in [-0.1, -0.05) is 0 Å². The van der Waals surface area contributed by atoms with E-state index in [1.54, 1.807) is 17.6 Å². The third-order valence-electron chi connectivity index (χ3n) is 6.55. The van der Waals surface area contributed by atoms with Gasteiger partial charge in [0.1, 0.15) is 0 Å². The van der Waals surface area contributed by atoms with Crippen molar-refractivity contribution in [3.8, 4) is 16.9 Å². The van der Waals surface area contributed by atoms with Crippen LogP contribution in [0, 0.1) is 0 Å². The van der Waals surface area contributed by atoms with Crippen molar-refractivity contribution in [3.05, 3.63) is 48.5 Å². The molecule has 1 unspecified atom stereocenters. The number of benzene rings is 2. The summed E-state index contributed by atoms with van der Waals surface area (Å²) in [5.41, 5.74) is 4.33. The van der Waals surface area contributed by atoms with Crippen LogP contribution in [-0.4, -0.2) is 65.8 Å². The monoisotopic (exact) mass is 892 g/mol. The van der Waals surface area contributed by atoms with Gasteiger partial charge >= 0.3 is 229 Å². The third kappa shape index (κ3) is 7.83. The van der Waals surface area contributed by atoms with E-state index in [2.05, 4.69) is 9.64 Å². The van der Waals surface area contributed by atoms with Crippen LogP contribution in [0.5, 0.6) is 5.75 Å². The van der Waals surface area contributed by atoms with Crippen LogP contribution in [-0.2, 0) is 15.7 Å². The average molecular weight is 892 g/mol. The molecule has 218 valence electrons. The number of halogens is 6. The molecule has 2 saturated heterocycles. The van der Waals surface area contributed by atoms with Crippen molar-refractivity contribution in [2.75, 3.05) is 46.7 Å². The van der Waals surface area contributed by atoms with E-state index in [1.165, 1.54) is 12.1 Å². The molecule has 0 aromatic heterocycles. The Bertz CT molecular complexity index is 1190. The predicted molar refractivity (Wildman–Crippen MR) is 149 cm³/mol. The Hall–Kier alpha value is -1.03. The van der Waals surface area contributed by atoms with E-state index in [9.17, 15) is 29.3 Å². The normalized spacial score (nSPS) is 20.7. The Morgan fingerprint density at radius 3 is 2.13 bits per heavy atom. The first-order valence-corrected chi connectivity index (χ1v) is 25.1. The number of amides is 1. The predicted octanol–water partition coefficient (Wildman–Crippen LogP) is 2.01. The molecule has 1 atom stereocenters. The summed E-state index contributed by atoms with van der Waals surface area (Å²) in [5.74, 6) is -0.730. The molecule has 0 spiro atoms. The molecule has 0 aliphatic carbocycles. The van der Waals surface area contributed by atoms with Crippen LogP contribution in [0.15, 0.2) is 48.5 Å². The van der Waals surface area contributed by atoms with E-state index >= 15 is 0 Å². The molecule has 0 saturated carbocycles. The van der Waals surface area contributed by atoms with Gasteiger partial charge in [0.05, 0.1) is 0 Å². The molecule has 2 aromatic carbocycles. The topological polar surface area (TPSA) is 108 Å². The van der Waals surface area contributed by atoms with Crippen LogP contribution in [0.25, 0.3) is 11.1 Å². The van der Waals surface area contributed by atoms with Gasteiger partial charge in [0.25, 0.3) is 0 Å². The molecule has 9 nitrogen and oxygen atoms in total. The number of carbonyl (C=O) groups is 1. The second-order valence-electron chi connectivity index (χ2n) is 8.85. The molecule has 39 heavy (non-hydrogen) atoms. The van der Waals surface area contributed by atoms with Crippen molar-refractivity contribution in [1.29, 1.82) is 0 Å². The first-order chi connectivity index (χ1) is 18.6. The number of hydrogen-bond donors (Lipinski definition) is 2. The van der Waals surface area contributed by atoms with Crippen molar-refractivity contribution in [2.24, 2.45) is 0 Å². The van der Waals surface area contributed by atoms with Crippen LogP contribution in [0.1, 0.15) is 12.8 Å². The van der Waals surface area contributed by atoms with Gasteiger partial charge in [-0.15, -0.1) is 13.2 Å². The Morgan fingerprint density at radius 1 is 1.05 bits per heavy atom. The fourth-order valence-corrected chi connectivity index (χ4v) is 31.4. The summed E-state index contributed by atoms with van der Waals surface area (Å²) in [6.07, 6.45) is -3.80. The summed E-state index contributed by atoms with van der Waals surface area (Å²) < 4.78 is 74.0. The SMILES string of the molecule is O=II(=O)(C[I-]C1(C(=O)NO)CCOCC1)N1CCN(c2ccc(-c3ccc(OC(F)(F)F)cc3)cc2)CC1. The maximum atomic E-state index is 13.8. The van der Waals surface area contributed by atoms with Gasteiger partial charge < -0.3 is 4.74 Å². The maximum absolute atomic E-state index is 13.8. The van der Waals surface area contributed by atoms with E-state index < -0.39 is 68.8 Å². The number of piperazine rings is 1. The Balaban J connectivity index is 1.35. The number of rotatable bonds is 9. The average Bonchev–Trinajstić information content (AvgIpc) is 2.96. The molecule has 2 aromatic rings. The van der Waals surface area contributed by atoms with Crippen LogP contribution >= 0.6 is 31.9 Å². The summed E-state index contributed by atoms with van der Waals surface area (Å²) in [6, 6.07) is 13.3. The van der Waals surface area contributed by atoms with Gasteiger partial charge in [0, 0.05) is 0 Å². The van der Waals surface area contributed by atoms with Crippen molar-refractivity contribution in [3.63, 3.8) is 0 Å². The number of nitrogens with zero attached hydrogens (tertiary/aromatic N) is 2. The quantitative estimate of drug-likeness (QED) is 0.130. The van der Waals surface area contributed by atoms with Crippen molar-refractivity contribution < 1.29 is 60.0 Å². The summed E-state index contributed by atoms with van der Waals surface area (Å²) in [4.78, 5) is 14.6. The van der Waals surface area contributed by atoms with Gasteiger partial charge in [0.2, 0.25) is 0 Å². The van der Waals surface area contributed by atoms with Crippen molar-refractivity contribution in [1.82, 2.24) is 8.59 Å². The standard InChI is InChI=1S/C24H28F3I3N3O6/c25-24(26,27)39-21-7-3-19(4-8-21)18-1-5-20(6-2-18)32-11-13-33(14-12-32)30(36,29-35)17-28-23(22(34)31-37)9-15-38-16-10-23/h1-8,37H,9-17H2,(H,31,34)/q-1. The molecule has 2 fully saturated rings. The molecule has 2 aliphatic heterocycles. The minimum atomic E-state index is -4.73. The van der Waals surface area contributed by atoms with Crippen molar-refractivity contribution in [2.45, 2.75) is 22.6 Å². The van der Waals surface area contributed by atoms with Gasteiger partial charge in [-0.05, 0) is 0 Å². The Labute approximate surface area is 244 Å². The number of anilines is 1. The number of alkyl halides is 6. The molecule has 15 heteroatoms. The fraction of sp³-hybridized carbons (Fsp3) is 0.458. The second-order valence-corrected chi connectivity index (χ2v) is 31.6. The molecular weight excluding hydrogens is 864 g/mol. The summed E-state index contributed by atoms with van der Waals surface area (Å²) >= 11 is -6.61. The minimum absolute atomic E-state index is 0.276. The summed E-state index contributed by atoms with van der Waals surface area (Å²) in [6.45, 7) is 3.05. The van der Waals surface area contributed by atoms with Crippen LogP contribution < -0.4 is 36.3 Å². The zero-order valence-electron chi connectivity index (χ0n) is 20.6. The molecule has 2 N–H and O–H groups in total. The fourth-order valence-electron chi connectivity index (χ4n) is 4.40. The van der Waals surface area contributed by atoms with Crippen LogP contribution in [0.3, 0.4) is 0 Å². The third-order valence-corrected chi connectivity index (χ3v) is 37.6. The van der Waals surface area contributed by atoms with E-state index in [0.29, 0.717) is 54.7 Å². The summed E-state index contributed by atoms with van der Waals surface area (Å²) in [5, 5.41) is 9.26. The van der Waals surface area contributed by atoms with Crippen LogP contribution in [0.2, 0.25) is 0 Å². The second kappa shape index (κ2) is 13.3. The number of nitrogens with one attached hydrogen (secondary N) is 1. The van der Waals surface area contributed by atoms with Gasteiger partial charge in [-0.2, -0.15) is 0 Å². The van der Waals surface area contributed by atoms with Crippen LogP contribution in [0.4, 0.5) is 18.9 Å². The van der Waals surface area contributed by atoms with Crippen molar-refractivity contribution >= 4 is 43.5 Å². The van der Waals surface area contributed by atoms with E-state index in [0.717, 1.165) is 16.8 Å². The number of carbonyl (C=O) groups excluding carboxylic acids is 1. The summed E-state index contributed by atoms with van der Waals surface area (Å²) in [7, 11) is 0. The zero-order chi connectivity index (χ0) is 28.1. The molecule has 4 rings (SSSR count). The molecule has 0 radical (unpaired) electrons. The Kier molecular flexibility index (Phi) is 10.5.